The van der Waals surface area contributed by atoms with Crippen molar-refractivity contribution in [2.24, 2.45) is 5.92 Å². The van der Waals surface area contributed by atoms with Gasteiger partial charge in [0.05, 0.1) is 12.6 Å². The van der Waals surface area contributed by atoms with Crippen LogP contribution in [0.25, 0.3) is 0 Å². The molecule has 0 unspecified atom stereocenters. The van der Waals surface area contributed by atoms with Gasteiger partial charge >= 0.3 is 6.09 Å². The Hall–Kier alpha value is -1.85. The minimum Gasteiger partial charge on any atom is -0.444 e. The minimum absolute atomic E-state index is 0.0908. The van der Waals surface area contributed by atoms with Crippen LogP contribution in [0.5, 0.6) is 0 Å². The van der Waals surface area contributed by atoms with Crippen molar-refractivity contribution in [2.75, 3.05) is 13.1 Å². The molecule has 22 heavy (non-hydrogen) atoms. The number of carbonyl (C=O) groups is 2. The van der Waals surface area contributed by atoms with Crippen molar-refractivity contribution in [1.29, 1.82) is 0 Å². The highest BCUT2D eigenvalue weighted by atomic mass is 16.6. The smallest absolute Gasteiger partial charge is 0.410 e. The Bertz CT molecular complexity index is 545. The zero-order valence-electron chi connectivity index (χ0n) is 13.7. The van der Waals surface area contributed by atoms with Crippen LogP contribution in [0, 0.1) is 12.8 Å². The van der Waals surface area contributed by atoms with Crippen molar-refractivity contribution in [1.82, 2.24) is 10.1 Å². The lowest BCUT2D eigenvalue weighted by atomic mass is 9.91. The first kappa shape index (κ1) is 16.5. The largest absolute Gasteiger partial charge is 0.444 e. The predicted octanol–water partition coefficient (Wildman–Crippen LogP) is 2.74. The summed E-state index contributed by atoms with van der Waals surface area (Å²) < 4.78 is 10.5. The Balaban J connectivity index is 1.94. The molecule has 1 aliphatic rings. The monoisotopic (exact) mass is 308 g/mol. The number of piperidine rings is 1. The third-order valence-corrected chi connectivity index (χ3v) is 3.71. The molecule has 122 valence electrons. The van der Waals surface area contributed by atoms with E-state index in [-0.39, 0.29) is 24.2 Å². The molecule has 2 rings (SSSR count). The molecular weight excluding hydrogens is 284 g/mol. The number of carbonyl (C=O) groups excluding carboxylic acids is 2. The Kier molecular flexibility index (Phi) is 4.88. The number of aromatic nitrogens is 1. The predicted molar refractivity (Wildman–Crippen MR) is 80.5 cm³/mol. The molecule has 6 nitrogen and oxygen atoms in total. The van der Waals surface area contributed by atoms with Crippen LogP contribution < -0.4 is 0 Å². The van der Waals surface area contributed by atoms with Gasteiger partial charge in [-0.1, -0.05) is 5.16 Å². The maximum absolute atomic E-state index is 12.4. The zero-order chi connectivity index (χ0) is 16.3. The van der Waals surface area contributed by atoms with Crippen molar-refractivity contribution in [2.45, 2.75) is 52.6 Å². The highest BCUT2D eigenvalue weighted by molar-refractivity contribution is 5.84. The molecule has 0 aliphatic carbocycles. The standard InChI is InChI=1S/C16H24N2O4/c1-11-9-17-22-14(11)8-13(19)12-6-5-7-18(10-12)15(20)21-16(2,3)4/h9,12H,5-8,10H2,1-4H3/t12-/m0/s1. The molecule has 2 heterocycles. The maximum atomic E-state index is 12.4. The van der Waals surface area contributed by atoms with Crippen LogP contribution in [-0.4, -0.2) is 40.6 Å². The second kappa shape index (κ2) is 6.50. The van der Waals surface area contributed by atoms with E-state index >= 15 is 0 Å². The van der Waals surface area contributed by atoms with E-state index in [2.05, 4.69) is 5.16 Å². The number of rotatable bonds is 3. The molecular formula is C16H24N2O4. The molecule has 1 aliphatic heterocycles. The third-order valence-electron chi connectivity index (χ3n) is 3.71. The summed E-state index contributed by atoms with van der Waals surface area (Å²) in [7, 11) is 0. The van der Waals surface area contributed by atoms with E-state index in [1.54, 1.807) is 11.1 Å². The Morgan fingerprint density at radius 1 is 1.45 bits per heavy atom. The lowest BCUT2D eigenvalue weighted by molar-refractivity contribution is -0.124. The number of nitrogens with zero attached hydrogens (tertiary/aromatic N) is 2. The fraction of sp³-hybridized carbons (Fsp3) is 0.688. The summed E-state index contributed by atoms with van der Waals surface area (Å²) in [4.78, 5) is 26.2. The van der Waals surface area contributed by atoms with Crippen LogP contribution in [0.15, 0.2) is 10.7 Å². The van der Waals surface area contributed by atoms with Gasteiger partial charge in [0.25, 0.3) is 0 Å². The van der Waals surface area contributed by atoms with Gasteiger partial charge in [0.15, 0.2) is 0 Å². The molecule has 6 heteroatoms. The van der Waals surface area contributed by atoms with Crippen molar-refractivity contribution in [3.05, 3.63) is 17.5 Å². The van der Waals surface area contributed by atoms with E-state index in [0.717, 1.165) is 18.4 Å². The van der Waals surface area contributed by atoms with Crippen LogP contribution in [0.4, 0.5) is 4.79 Å². The van der Waals surface area contributed by atoms with Gasteiger partial charge in [0.2, 0.25) is 0 Å². The summed E-state index contributed by atoms with van der Waals surface area (Å²) in [6.07, 6.45) is 3.10. The number of likely N-dealkylation sites (tertiary alicyclic amines) is 1. The molecule has 1 atom stereocenters. The number of hydrogen-bond donors (Lipinski definition) is 0. The Morgan fingerprint density at radius 2 is 2.18 bits per heavy atom. The molecule has 1 aromatic heterocycles. The van der Waals surface area contributed by atoms with Gasteiger partial charge < -0.3 is 14.2 Å². The Labute approximate surface area is 130 Å². The maximum Gasteiger partial charge on any atom is 0.410 e. The fourth-order valence-corrected chi connectivity index (χ4v) is 2.52. The topological polar surface area (TPSA) is 72.6 Å². The molecule has 1 saturated heterocycles. The molecule has 0 bridgehead atoms. The van der Waals surface area contributed by atoms with Crippen LogP contribution >= 0.6 is 0 Å². The molecule has 1 amide bonds. The second-order valence-electron chi connectivity index (χ2n) is 6.84. The fourth-order valence-electron chi connectivity index (χ4n) is 2.52. The molecule has 0 aromatic carbocycles. The Morgan fingerprint density at radius 3 is 2.77 bits per heavy atom. The van der Waals surface area contributed by atoms with Crippen molar-refractivity contribution in [3.8, 4) is 0 Å². The first-order valence-corrected chi connectivity index (χ1v) is 7.67. The number of aryl methyl sites for hydroxylation is 1. The van der Waals surface area contributed by atoms with Crippen molar-refractivity contribution in [3.63, 3.8) is 0 Å². The normalized spacial score (nSPS) is 19.1. The zero-order valence-corrected chi connectivity index (χ0v) is 13.7. The van der Waals surface area contributed by atoms with E-state index in [9.17, 15) is 9.59 Å². The van der Waals surface area contributed by atoms with Gasteiger partial charge in [-0.15, -0.1) is 0 Å². The summed E-state index contributed by atoms with van der Waals surface area (Å²) in [5.74, 6) is 0.540. The van der Waals surface area contributed by atoms with Gasteiger partial charge in [-0.25, -0.2) is 4.79 Å². The van der Waals surface area contributed by atoms with Crippen LogP contribution in [0.1, 0.15) is 44.9 Å². The lowest BCUT2D eigenvalue weighted by Crippen LogP contribution is -2.44. The second-order valence-corrected chi connectivity index (χ2v) is 6.84. The van der Waals surface area contributed by atoms with E-state index < -0.39 is 5.60 Å². The SMILES string of the molecule is Cc1cnoc1CC(=O)[C@H]1CCCN(C(=O)OC(C)(C)C)C1. The quantitative estimate of drug-likeness (QED) is 0.858. The first-order valence-electron chi connectivity index (χ1n) is 7.67. The molecule has 0 radical (unpaired) electrons. The number of amides is 1. The number of hydrogen-bond acceptors (Lipinski definition) is 5. The number of ketones is 1. The first-order chi connectivity index (χ1) is 10.3. The average molecular weight is 308 g/mol. The van der Waals surface area contributed by atoms with Crippen molar-refractivity contribution < 1.29 is 18.8 Å². The molecule has 0 spiro atoms. The van der Waals surface area contributed by atoms with Gasteiger partial charge in [0, 0.05) is 24.6 Å². The summed E-state index contributed by atoms with van der Waals surface area (Å²) >= 11 is 0. The van der Waals surface area contributed by atoms with E-state index in [1.807, 2.05) is 27.7 Å². The lowest BCUT2D eigenvalue weighted by Gasteiger charge is -2.33. The summed E-state index contributed by atoms with van der Waals surface area (Å²) in [6, 6.07) is 0. The van der Waals surface area contributed by atoms with Gasteiger partial charge in [-0.2, -0.15) is 0 Å². The number of Topliss-reactive ketones (excluding diaryl/α,β-unsaturated/α-hetero) is 1. The molecule has 0 saturated carbocycles. The highest BCUT2D eigenvalue weighted by Gasteiger charge is 2.31. The van der Waals surface area contributed by atoms with E-state index in [0.29, 0.717) is 18.8 Å². The van der Waals surface area contributed by atoms with Crippen LogP contribution in [0.3, 0.4) is 0 Å². The summed E-state index contributed by atoms with van der Waals surface area (Å²) in [5, 5.41) is 3.69. The third kappa shape index (κ3) is 4.32. The average Bonchev–Trinajstić information content (AvgIpc) is 2.82. The van der Waals surface area contributed by atoms with Crippen molar-refractivity contribution >= 4 is 11.9 Å². The highest BCUT2D eigenvalue weighted by Crippen LogP contribution is 2.22. The molecule has 0 N–H and O–H groups in total. The molecule has 1 aromatic rings. The van der Waals surface area contributed by atoms with E-state index in [4.69, 9.17) is 9.26 Å². The summed E-state index contributed by atoms with van der Waals surface area (Å²) in [5.41, 5.74) is 0.360. The van der Waals surface area contributed by atoms with Gasteiger partial charge in [0.1, 0.15) is 17.1 Å². The van der Waals surface area contributed by atoms with Gasteiger partial charge in [-0.05, 0) is 40.5 Å². The minimum atomic E-state index is -0.523. The van der Waals surface area contributed by atoms with E-state index in [1.165, 1.54) is 0 Å². The molecule has 1 fully saturated rings. The number of ether oxygens (including phenoxy) is 1. The summed E-state index contributed by atoms with van der Waals surface area (Å²) in [6.45, 7) is 8.44. The van der Waals surface area contributed by atoms with Crippen LogP contribution in [-0.2, 0) is 16.0 Å². The van der Waals surface area contributed by atoms with Crippen LogP contribution in [0.2, 0.25) is 0 Å². The van der Waals surface area contributed by atoms with Gasteiger partial charge in [-0.3, -0.25) is 4.79 Å².